The van der Waals surface area contributed by atoms with Crippen molar-refractivity contribution in [3.8, 4) is 0 Å². The summed E-state index contributed by atoms with van der Waals surface area (Å²) in [7, 11) is 0. The van der Waals surface area contributed by atoms with Crippen LogP contribution in [0.4, 0.5) is 0 Å². The molecule has 74 valence electrons. The molecule has 0 bridgehead atoms. The molecule has 0 unspecified atom stereocenters. The average molecular weight is 208 g/mol. The normalized spacial score (nSPS) is 10.6. The zero-order valence-corrected chi connectivity index (χ0v) is 8.55. The number of aromatic nitrogens is 4. The summed E-state index contributed by atoms with van der Waals surface area (Å²) in [6.07, 6.45) is 9.39. The van der Waals surface area contributed by atoms with Gasteiger partial charge in [-0.3, -0.25) is 0 Å². The Balaban J connectivity index is 1.65. The van der Waals surface area contributed by atoms with Gasteiger partial charge in [-0.15, -0.1) is 0 Å². The minimum Gasteiger partial charge on any atom is -0.348 e. The molecule has 2 heterocycles. The zero-order chi connectivity index (χ0) is 9.64. The summed E-state index contributed by atoms with van der Waals surface area (Å²) in [6, 6.07) is 0. The number of nitrogens with one attached hydrogen (secondary N) is 2. The van der Waals surface area contributed by atoms with Crippen molar-refractivity contribution in [3.05, 3.63) is 30.6 Å². The van der Waals surface area contributed by atoms with Crippen LogP contribution in [-0.2, 0) is 6.42 Å². The fraction of sp³-hybridized carbons (Fsp3) is 0.333. The standard InChI is InChI=1S/C9H12N4S/c1(2-8-6-10-7-13-8)5-14-9-11-3-4-12-9/h3-4,6-7H,1-2,5H2,(H,10,13)(H,11,12). The molecule has 0 fully saturated rings. The van der Waals surface area contributed by atoms with E-state index in [9.17, 15) is 0 Å². The molecule has 0 aromatic carbocycles. The minimum absolute atomic E-state index is 0.995. The molecule has 0 radical (unpaired) electrons. The molecular weight excluding hydrogens is 196 g/mol. The van der Waals surface area contributed by atoms with Gasteiger partial charge in [0.2, 0.25) is 0 Å². The highest BCUT2D eigenvalue weighted by Crippen LogP contribution is 2.13. The highest BCUT2D eigenvalue weighted by atomic mass is 32.2. The van der Waals surface area contributed by atoms with E-state index in [1.807, 2.05) is 12.4 Å². The number of hydrogen-bond acceptors (Lipinski definition) is 3. The predicted molar refractivity (Wildman–Crippen MR) is 56.2 cm³/mol. The number of aryl methyl sites for hydroxylation is 1. The third-order valence-electron chi connectivity index (χ3n) is 1.86. The Kier molecular flexibility index (Phi) is 3.24. The lowest BCUT2D eigenvalue weighted by atomic mass is 10.3. The Morgan fingerprint density at radius 3 is 3.07 bits per heavy atom. The summed E-state index contributed by atoms with van der Waals surface area (Å²) in [4.78, 5) is 14.3. The lowest BCUT2D eigenvalue weighted by Crippen LogP contribution is -1.88. The molecule has 0 aliphatic heterocycles. The molecule has 2 N–H and O–H groups in total. The molecule has 2 rings (SSSR count). The Morgan fingerprint density at radius 1 is 1.36 bits per heavy atom. The highest BCUT2D eigenvalue weighted by molar-refractivity contribution is 7.99. The molecule has 0 saturated heterocycles. The van der Waals surface area contributed by atoms with Crippen LogP contribution in [0.2, 0.25) is 0 Å². The summed E-state index contributed by atoms with van der Waals surface area (Å²) in [5.41, 5.74) is 1.20. The van der Waals surface area contributed by atoms with Crippen molar-refractivity contribution >= 4 is 11.8 Å². The Hall–Kier alpha value is -1.23. The van der Waals surface area contributed by atoms with E-state index in [-0.39, 0.29) is 0 Å². The van der Waals surface area contributed by atoms with Gasteiger partial charge in [0.15, 0.2) is 5.16 Å². The van der Waals surface area contributed by atoms with Crippen molar-refractivity contribution in [2.75, 3.05) is 5.75 Å². The lowest BCUT2D eigenvalue weighted by Gasteiger charge is -1.96. The van der Waals surface area contributed by atoms with E-state index >= 15 is 0 Å². The molecule has 0 atom stereocenters. The molecule has 0 aliphatic rings. The first-order chi connectivity index (χ1) is 6.95. The number of thioether (sulfide) groups is 1. The molecular formula is C9H12N4S. The monoisotopic (exact) mass is 208 g/mol. The zero-order valence-electron chi connectivity index (χ0n) is 7.73. The predicted octanol–water partition coefficient (Wildman–Crippen LogP) is 1.86. The van der Waals surface area contributed by atoms with Gasteiger partial charge in [0.05, 0.1) is 6.33 Å². The van der Waals surface area contributed by atoms with Gasteiger partial charge in [0.1, 0.15) is 0 Å². The topological polar surface area (TPSA) is 57.4 Å². The van der Waals surface area contributed by atoms with Gasteiger partial charge in [-0.2, -0.15) is 0 Å². The molecule has 2 aromatic rings. The van der Waals surface area contributed by atoms with Gasteiger partial charge in [-0.25, -0.2) is 9.97 Å². The molecule has 5 heteroatoms. The summed E-state index contributed by atoms with van der Waals surface area (Å²) < 4.78 is 0. The number of rotatable bonds is 5. The second-order valence-electron chi connectivity index (χ2n) is 2.92. The van der Waals surface area contributed by atoms with Crippen molar-refractivity contribution in [1.29, 1.82) is 0 Å². The van der Waals surface area contributed by atoms with Gasteiger partial charge in [-0.05, 0) is 12.8 Å². The van der Waals surface area contributed by atoms with Crippen LogP contribution in [0, 0.1) is 0 Å². The van der Waals surface area contributed by atoms with E-state index in [1.165, 1.54) is 5.69 Å². The molecule has 0 spiro atoms. The summed E-state index contributed by atoms with van der Waals surface area (Å²) in [6.45, 7) is 0. The van der Waals surface area contributed by atoms with Crippen molar-refractivity contribution in [2.45, 2.75) is 18.0 Å². The number of H-pyrrole nitrogens is 2. The molecule has 2 aromatic heterocycles. The summed E-state index contributed by atoms with van der Waals surface area (Å²) in [5, 5.41) is 0.995. The highest BCUT2D eigenvalue weighted by Gasteiger charge is 1.97. The Bertz CT molecular complexity index is 305. The van der Waals surface area contributed by atoms with Crippen LogP contribution in [0.3, 0.4) is 0 Å². The van der Waals surface area contributed by atoms with Crippen molar-refractivity contribution in [2.24, 2.45) is 0 Å². The molecule has 4 nitrogen and oxygen atoms in total. The largest absolute Gasteiger partial charge is 0.348 e. The number of aromatic amines is 2. The Labute approximate surface area is 86.6 Å². The average Bonchev–Trinajstić information content (AvgIpc) is 2.86. The lowest BCUT2D eigenvalue weighted by molar-refractivity contribution is 0.898. The number of imidazole rings is 2. The first kappa shape index (κ1) is 9.33. The van der Waals surface area contributed by atoms with Gasteiger partial charge >= 0.3 is 0 Å². The van der Waals surface area contributed by atoms with E-state index in [0.717, 1.165) is 23.8 Å². The summed E-state index contributed by atoms with van der Waals surface area (Å²) in [5.74, 6) is 1.08. The number of hydrogen-bond donors (Lipinski definition) is 2. The van der Waals surface area contributed by atoms with Crippen LogP contribution in [0.1, 0.15) is 12.1 Å². The minimum atomic E-state index is 0.995. The molecule has 0 aliphatic carbocycles. The number of nitrogens with zero attached hydrogens (tertiary/aromatic N) is 2. The Morgan fingerprint density at radius 2 is 2.36 bits per heavy atom. The van der Waals surface area contributed by atoms with Gasteiger partial charge in [0, 0.05) is 30.0 Å². The summed E-state index contributed by atoms with van der Waals surface area (Å²) >= 11 is 1.75. The maximum atomic E-state index is 4.14. The SMILES string of the molecule is c1c[nH]c(SCCCc2cnc[nH]2)n1. The van der Waals surface area contributed by atoms with Gasteiger partial charge in [0.25, 0.3) is 0 Å². The smallest absolute Gasteiger partial charge is 0.165 e. The second-order valence-corrected chi connectivity index (χ2v) is 4.01. The van der Waals surface area contributed by atoms with Crippen molar-refractivity contribution in [1.82, 2.24) is 19.9 Å². The van der Waals surface area contributed by atoms with Crippen LogP contribution in [0.5, 0.6) is 0 Å². The van der Waals surface area contributed by atoms with Crippen molar-refractivity contribution in [3.63, 3.8) is 0 Å². The van der Waals surface area contributed by atoms with Crippen LogP contribution < -0.4 is 0 Å². The van der Waals surface area contributed by atoms with Crippen LogP contribution in [-0.4, -0.2) is 25.7 Å². The molecule has 0 amide bonds. The van der Waals surface area contributed by atoms with E-state index in [4.69, 9.17) is 0 Å². The third-order valence-corrected chi connectivity index (χ3v) is 2.85. The van der Waals surface area contributed by atoms with Gasteiger partial charge < -0.3 is 9.97 Å². The first-order valence-electron chi connectivity index (χ1n) is 4.54. The van der Waals surface area contributed by atoms with E-state index in [2.05, 4.69) is 19.9 Å². The maximum absolute atomic E-state index is 4.14. The van der Waals surface area contributed by atoms with E-state index in [0.29, 0.717) is 0 Å². The molecule has 14 heavy (non-hydrogen) atoms. The fourth-order valence-corrected chi connectivity index (χ4v) is 1.95. The second kappa shape index (κ2) is 4.85. The van der Waals surface area contributed by atoms with E-state index in [1.54, 1.807) is 24.3 Å². The third kappa shape index (κ3) is 2.63. The van der Waals surface area contributed by atoms with Crippen LogP contribution in [0.15, 0.2) is 30.1 Å². The quantitative estimate of drug-likeness (QED) is 0.582. The van der Waals surface area contributed by atoms with E-state index < -0.39 is 0 Å². The van der Waals surface area contributed by atoms with Crippen LogP contribution in [0.25, 0.3) is 0 Å². The maximum Gasteiger partial charge on any atom is 0.165 e. The van der Waals surface area contributed by atoms with Gasteiger partial charge in [-0.1, -0.05) is 11.8 Å². The molecule has 0 saturated carbocycles. The first-order valence-corrected chi connectivity index (χ1v) is 5.53. The van der Waals surface area contributed by atoms with Crippen molar-refractivity contribution < 1.29 is 0 Å². The van der Waals surface area contributed by atoms with Crippen LogP contribution >= 0.6 is 11.8 Å². The fourth-order valence-electron chi connectivity index (χ4n) is 1.18.